The number of aromatic nitrogens is 1. The molecule has 0 spiro atoms. The van der Waals surface area contributed by atoms with Crippen molar-refractivity contribution in [1.29, 1.82) is 0 Å². The Morgan fingerprint density at radius 1 is 0.958 bits per heavy atom. The number of hydrogen-bond acceptors (Lipinski definition) is 1. The van der Waals surface area contributed by atoms with E-state index in [9.17, 15) is 0 Å². The van der Waals surface area contributed by atoms with Crippen LogP contribution in [0.4, 0.5) is 5.69 Å². The monoisotopic (exact) mass is 313 g/mol. The molecule has 4 aromatic rings. The van der Waals surface area contributed by atoms with Gasteiger partial charge in [-0.05, 0) is 43.2 Å². The van der Waals surface area contributed by atoms with E-state index >= 15 is 0 Å². The van der Waals surface area contributed by atoms with Gasteiger partial charge in [-0.3, -0.25) is 0 Å². The van der Waals surface area contributed by atoms with Gasteiger partial charge in [-0.15, -0.1) is 0 Å². The molecule has 2 aromatic carbocycles. The quantitative estimate of drug-likeness (QED) is 0.347. The molecule has 0 saturated heterocycles. The van der Waals surface area contributed by atoms with Gasteiger partial charge in [0, 0.05) is 22.9 Å². The molecular formula is C21H17N2O+. The summed E-state index contributed by atoms with van der Waals surface area (Å²) in [5, 5.41) is 2.15. The first-order chi connectivity index (χ1) is 11.6. The Morgan fingerprint density at radius 3 is 2.54 bits per heavy atom. The van der Waals surface area contributed by atoms with Crippen molar-refractivity contribution < 1.29 is 8.98 Å². The van der Waals surface area contributed by atoms with E-state index in [1.165, 1.54) is 11.1 Å². The molecule has 0 fully saturated rings. The van der Waals surface area contributed by atoms with Crippen LogP contribution >= 0.6 is 0 Å². The zero-order chi connectivity index (χ0) is 16.8. The predicted molar refractivity (Wildman–Crippen MR) is 96.1 cm³/mol. The summed E-state index contributed by atoms with van der Waals surface area (Å²) in [6.07, 6.45) is 2.08. The lowest BCUT2D eigenvalue weighted by Gasteiger charge is -2.05. The molecule has 24 heavy (non-hydrogen) atoms. The third kappa shape index (κ3) is 2.16. The van der Waals surface area contributed by atoms with Crippen molar-refractivity contribution >= 4 is 27.6 Å². The van der Waals surface area contributed by atoms with E-state index in [0.717, 1.165) is 33.2 Å². The van der Waals surface area contributed by atoms with Crippen LogP contribution < -0.4 is 4.57 Å². The summed E-state index contributed by atoms with van der Waals surface area (Å²) < 4.78 is 8.16. The van der Waals surface area contributed by atoms with Crippen molar-refractivity contribution in [3.8, 4) is 11.3 Å². The maximum absolute atomic E-state index is 7.16. The van der Waals surface area contributed by atoms with Crippen LogP contribution in [0.5, 0.6) is 0 Å². The molecule has 116 valence electrons. The molecule has 0 aliphatic carbocycles. The van der Waals surface area contributed by atoms with Crippen molar-refractivity contribution in [1.82, 2.24) is 0 Å². The minimum absolute atomic E-state index is 0.601. The third-order valence-electron chi connectivity index (χ3n) is 4.51. The summed E-state index contributed by atoms with van der Waals surface area (Å²) >= 11 is 0. The second-order valence-corrected chi connectivity index (χ2v) is 6.26. The van der Waals surface area contributed by atoms with Gasteiger partial charge in [0.05, 0.1) is 12.1 Å². The van der Waals surface area contributed by atoms with Gasteiger partial charge in [0.25, 0.3) is 0 Å². The summed E-state index contributed by atoms with van der Waals surface area (Å²) in [4.78, 5) is 3.48. The molecule has 0 radical (unpaired) electrons. The summed E-state index contributed by atoms with van der Waals surface area (Å²) in [6.45, 7) is 11.4. The van der Waals surface area contributed by atoms with Crippen molar-refractivity contribution in [2.45, 2.75) is 13.8 Å². The fraction of sp³-hybridized carbons (Fsp3) is 0.143. The van der Waals surface area contributed by atoms with Crippen LogP contribution in [0, 0.1) is 20.4 Å². The second kappa shape index (κ2) is 5.21. The van der Waals surface area contributed by atoms with Gasteiger partial charge in [0.1, 0.15) is 18.2 Å². The van der Waals surface area contributed by atoms with E-state index in [0.29, 0.717) is 5.69 Å². The number of benzene rings is 2. The molecule has 0 atom stereocenters. The summed E-state index contributed by atoms with van der Waals surface area (Å²) in [6, 6.07) is 14.2. The fourth-order valence-corrected chi connectivity index (χ4v) is 3.21. The van der Waals surface area contributed by atoms with Crippen LogP contribution in [0.1, 0.15) is 11.1 Å². The number of nitrogens with zero attached hydrogens (tertiary/aromatic N) is 2. The molecule has 0 bridgehead atoms. The first-order valence-electron chi connectivity index (χ1n) is 7.88. The smallest absolute Gasteiger partial charge is 0.212 e. The van der Waals surface area contributed by atoms with Crippen LogP contribution in [-0.4, -0.2) is 0 Å². The SMILES string of the molecule is [C-]#[N+]c1ccc2c(c1)oc1cc(-c3cc(C)cc[n+]3C)c(C)cc12. The predicted octanol–water partition coefficient (Wildman–Crippen LogP) is 5.25. The van der Waals surface area contributed by atoms with Gasteiger partial charge in [-0.2, -0.15) is 0 Å². The average molecular weight is 313 g/mol. The number of furan rings is 1. The van der Waals surface area contributed by atoms with Gasteiger partial charge >= 0.3 is 0 Å². The van der Waals surface area contributed by atoms with Gasteiger partial charge in [0.2, 0.25) is 5.69 Å². The van der Waals surface area contributed by atoms with Crippen LogP contribution in [0.15, 0.2) is 53.1 Å². The fourth-order valence-electron chi connectivity index (χ4n) is 3.21. The number of aryl methyl sites for hydroxylation is 3. The van der Waals surface area contributed by atoms with Crippen LogP contribution in [0.2, 0.25) is 0 Å². The highest BCUT2D eigenvalue weighted by atomic mass is 16.3. The first kappa shape index (κ1) is 14.5. The van der Waals surface area contributed by atoms with Crippen LogP contribution in [0.3, 0.4) is 0 Å². The van der Waals surface area contributed by atoms with Gasteiger partial charge in [-0.1, -0.05) is 12.1 Å². The largest absolute Gasteiger partial charge is 0.457 e. The highest BCUT2D eigenvalue weighted by molar-refractivity contribution is 6.07. The first-order valence-corrected chi connectivity index (χ1v) is 7.88. The lowest BCUT2D eigenvalue weighted by atomic mass is 10.0. The Morgan fingerprint density at radius 2 is 1.75 bits per heavy atom. The minimum Gasteiger partial charge on any atom is -0.457 e. The summed E-state index contributed by atoms with van der Waals surface area (Å²) in [5.41, 5.74) is 6.99. The molecule has 3 heteroatoms. The topological polar surface area (TPSA) is 21.4 Å². The van der Waals surface area contributed by atoms with Crippen LogP contribution in [0.25, 0.3) is 38.0 Å². The molecule has 0 aliphatic rings. The van der Waals surface area contributed by atoms with Crippen molar-refractivity contribution in [3.05, 3.63) is 71.2 Å². The van der Waals surface area contributed by atoms with E-state index in [4.69, 9.17) is 11.0 Å². The normalized spacial score (nSPS) is 11.1. The lowest BCUT2D eigenvalue weighted by Crippen LogP contribution is -2.30. The average Bonchev–Trinajstić information content (AvgIpc) is 2.93. The standard InChI is InChI=1S/C21H17N2O/c1-13-7-8-23(4)19(9-13)17-12-21-18(10-14(17)2)16-6-5-15(22-3)11-20(16)24-21/h5-12H,1-2,4H3/q+1. The molecule has 4 rings (SSSR count). The second-order valence-electron chi connectivity index (χ2n) is 6.26. The maximum Gasteiger partial charge on any atom is 0.212 e. The van der Waals surface area contributed by atoms with E-state index in [1.54, 1.807) is 0 Å². The molecule has 3 nitrogen and oxygen atoms in total. The Kier molecular flexibility index (Phi) is 3.14. The van der Waals surface area contributed by atoms with Gasteiger partial charge in [0.15, 0.2) is 11.9 Å². The number of hydrogen-bond donors (Lipinski definition) is 0. The summed E-state index contributed by atoms with van der Waals surface area (Å²) in [7, 11) is 2.05. The van der Waals surface area contributed by atoms with Crippen molar-refractivity contribution in [2.24, 2.45) is 7.05 Å². The molecule has 0 aliphatic heterocycles. The Labute approximate surface area is 140 Å². The molecule has 0 saturated carbocycles. The lowest BCUT2D eigenvalue weighted by molar-refractivity contribution is -0.660. The zero-order valence-corrected chi connectivity index (χ0v) is 13.9. The van der Waals surface area contributed by atoms with E-state index in [-0.39, 0.29) is 0 Å². The third-order valence-corrected chi connectivity index (χ3v) is 4.51. The highest BCUT2D eigenvalue weighted by Crippen LogP contribution is 2.35. The minimum atomic E-state index is 0.601. The zero-order valence-electron chi connectivity index (χ0n) is 13.9. The molecular weight excluding hydrogens is 296 g/mol. The molecule has 2 aromatic heterocycles. The van der Waals surface area contributed by atoms with Crippen molar-refractivity contribution in [2.75, 3.05) is 0 Å². The van der Waals surface area contributed by atoms with E-state index in [2.05, 4.69) is 60.8 Å². The molecule has 0 N–H and O–H groups in total. The van der Waals surface area contributed by atoms with E-state index in [1.807, 2.05) is 18.2 Å². The number of rotatable bonds is 1. The Balaban J connectivity index is 2.02. The number of pyridine rings is 1. The molecule has 2 heterocycles. The van der Waals surface area contributed by atoms with Crippen molar-refractivity contribution in [3.63, 3.8) is 0 Å². The maximum atomic E-state index is 7.16. The summed E-state index contributed by atoms with van der Waals surface area (Å²) in [5.74, 6) is 0. The van der Waals surface area contributed by atoms with Gasteiger partial charge in [-0.25, -0.2) is 9.41 Å². The Bertz CT molecular complexity index is 1150. The highest BCUT2D eigenvalue weighted by Gasteiger charge is 2.16. The van der Waals surface area contributed by atoms with E-state index < -0.39 is 0 Å². The van der Waals surface area contributed by atoms with Gasteiger partial charge < -0.3 is 4.42 Å². The van der Waals surface area contributed by atoms with Crippen LogP contribution in [-0.2, 0) is 7.05 Å². The number of fused-ring (bicyclic) bond motifs is 3. The Hall–Kier alpha value is -3.12. The molecule has 0 unspecified atom stereocenters. The molecule has 0 amide bonds.